The zero-order valence-electron chi connectivity index (χ0n) is 11.3. The van der Waals surface area contributed by atoms with Gasteiger partial charge in [0.05, 0.1) is 12.2 Å². The molecule has 1 amide bonds. The van der Waals surface area contributed by atoms with Crippen LogP contribution in [0.2, 0.25) is 0 Å². The van der Waals surface area contributed by atoms with E-state index >= 15 is 0 Å². The molecule has 21 heavy (non-hydrogen) atoms. The van der Waals surface area contributed by atoms with E-state index < -0.39 is 11.7 Å². The molecule has 1 aromatic heterocycles. The minimum atomic E-state index is -0.490. The Hall–Kier alpha value is -2.65. The summed E-state index contributed by atoms with van der Waals surface area (Å²) in [5.41, 5.74) is 0.692. The van der Waals surface area contributed by atoms with Crippen LogP contribution in [-0.4, -0.2) is 22.8 Å². The SMILES string of the molecule is Cc1cc(C(=O)Nc2ccc(F)c(C#CCCO)c2)no1. The average Bonchev–Trinajstić information content (AvgIpc) is 2.89. The number of hydrogen-bond acceptors (Lipinski definition) is 4. The van der Waals surface area contributed by atoms with Gasteiger partial charge < -0.3 is 14.9 Å². The first-order valence-electron chi connectivity index (χ1n) is 6.24. The number of carbonyl (C=O) groups is 1. The molecule has 0 atom stereocenters. The molecule has 6 heteroatoms. The molecule has 0 bridgehead atoms. The number of aliphatic hydroxyl groups excluding tert-OH is 1. The molecule has 0 aliphatic carbocycles. The largest absolute Gasteiger partial charge is 0.395 e. The maximum Gasteiger partial charge on any atom is 0.277 e. The molecule has 108 valence electrons. The number of halogens is 1. The first kappa shape index (κ1) is 14.8. The maximum absolute atomic E-state index is 13.6. The fraction of sp³-hybridized carbons (Fsp3) is 0.200. The van der Waals surface area contributed by atoms with Gasteiger partial charge in [0, 0.05) is 18.2 Å². The van der Waals surface area contributed by atoms with Crippen molar-refractivity contribution < 1.29 is 18.8 Å². The van der Waals surface area contributed by atoms with E-state index in [-0.39, 0.29) is 24.3 Å². The second-order valence-corrected chi connectivity index (χ2v) is 4.25. The molecule has 0 radical (unpaired) electrons. The Kier molecular flexibility index (Phi) is 4.69. The monoisotopic (exact) mass is 288 g/mol. The molecule has 0 spiro atoms. The summed E-state index contributed by atoms with van der Waals surface area (Å²) < 4.78 is 18.4. The van der Waals surface area contributed by atoms with Crippen LogP contribution in [0.4, 0.5) is 10.1 Å². The fourth-order valence-electron chi connectivity index (χ4n) is 1.58. The average molecular weight is 288 g/mol. The summed E-state index contributed by atoms with van der Waals surface area (Å²) >= 11 is 0. The maximum atomic E-state index is 13.6. The minimum absolute atomic E-state index is 0.0868. The van der Waals surface area contributed by atoms with Crippen molar-refractivity contribution in [3.05, 3.63) is 47.1 Å². The summed E-state index contributed by atoms with van der Waals surface area (Å²) in [5, 5.41) is 14.8. The molecule has 0 saturated carbocycles. The molecule has 1 heterocycles. The van der Waals surface area contributed by atoms with Crippen molar-refractivity contribution in [2.45, 2.75) is 13.3 Å². The lowest BCUT2D eigenvalue weighted by atomic mass is 10.2. The lowest BCUT2D eigenvalue weighted by molar-refractivity contribution is 0.101. The molecule has 0 aliphatic heterocycles. The number of aryl methyl sites for hydroxylation is 1. The first-order valence-corrected chi connectivity index (χ1v) is 6.24. The number of nitrogens with one attached hydrogen (secondary N) is 1. The van der Waals surface area contributed by atoms with E-state index in [4.69, 9.17) is 9.63 Å². The Morgan fingerprint density at radius 1 is 1.48 bits per heavy atom. The molecule has 0 fully saturated rings. The molecule has 2 N–H and O–H groups in total. The highest BCUT2D eigenvalue weighted by Crippen LogP contribution is 2.15. The van der Waals surface area contributed by atoms with E-state index in [9.17, 15) is 9.18 Å². The van der Waals surface area contributed by atoms with E-state index in [1.165, 1.54) is 24.3 Å². The van der Waals surface area contributed by atoms with Crippen LogP contribution in [0.5, 0.6) is 0 Å². The van der Waals surface area contributed by atoms with Crippen molar-refractivity contribution in [3.63, 3.8) is 0 Å². The summed E-state index contributed by atoms with van der Waals surface area (Å²) in [7, 11) is 0. The Labute approximate surface area is 120 Å². The number of rotatable bonds is 3. The predicted molar refractivity (Wildman–Crippen MR) is 74.2 cm³/mol. The van der Waals surface area contributed by atoms with Crippen LogP contribution in [0.25, 0.3) is 0 Å². The number of nitrogens with zero attached hydrogens (tertiary/aromatic N) is 1. The quantitative estimate of drug-likeness (QED) is 0.848. The van der Waals surface area contributed by atoms with Crippen LogP contribution in [0, 0.1) is 24.6 Å². The molecule has 2 rings (SSSR count). The Bertz CT molecular complexity index is 713. The molecule has 5 nitrogen and oxygen atoms in total. The van der Waals surface area contributed by atoms with Crippen LogP contribution < -0.4 is 5.32 Å². The van der Waals surface area contributed by atoms with Gasteiger partial charge in [-0.1, -0.05) is 17.0 Å². The van der Waals surface area contributed by atoms with Crippen LogP contribution in [0.1, 0.15) is 28.2 Å². The van der Waals surface area contributed by atoms with Crippen LogP contribution in [0.3, 0.4) is 0 Å². The zero-order valence-corrected chi connectivity index (χ0v) is 11.3. The van der Waals surface area contributed by atoms with E-state index in [1.807, 2.05) is 0 Å². The standard InChI is InChI=1S/C15H13FN2O3/c1-10-8-14(18-21-10)15(20)17-12-5-6-13(16)11(9-12)4-2-3-7-19/h5-6,8-9,19H,3,7H2,1H3,(H,17,20). The van der Waals surface area contributed by atoms with Gasteiger partial charge >= 0.3 is 0 Å². The first-order chi connectivity index (χ1) is 10.1. The lowest BCUT2D eigenvalue weighted by Crippen LogP contribution is -2.12. The highest BCUT2D eigenvalue weighted by atomic mass is 19.1. The van der Waals surface area contributed by atoms with Gasteiger partial charge in [-0.2, -0.15) is 0 Å². The topological polar surface area (TPSA) is 75.4 Å². The van der Waals surface area contributed by atoms with Gasteiger partial charge in [0.15, 0.2) is 5.69 Å². The Morgan fingerprint density at radius 2 is 2.29 bits per heavy atom. The lowest BCUT2D eigenvalue weighted by Gasteiger charge is -2.04. The van der Waals surface area contributed by atoms with Crippen molar-refractivity contribution in [1.29, 1.82) is 0 Å². The van der Waals surface area contributed by atoms with Gasteiger partial charge in [-0.3, -0.25) is 4.79 Å². The number of aromatic nitrogens is 1. The number of hydrogen-bond donors (Lipinski definition) is 2. The van der Waals surface area contributed by atoms with Gasteiger partial charge in [0.1, 0.15) is 11.6 Å². The fourth-order valence-corrected chi connectivity index (χ4v) is 1.58. The molecule has 0 aliphatic rings. The summed E-state index contributed by atoms with van der Waals surface area (Å²) in [6, 6.07) is 5.56. The molecular formula is C15H13FN2O3. The molecule has 1 aromatic carbocycles. The van der Waals surface area contributed by atoms with E-state index in [1.54, 1.807) is 6.92 Å². The second kappa shape index (κ2) is 6.68. The van der Waals surface area contributed by atoms with Crippen molar-refractivity contribution in [2.24, 2.45) is 0 Å². The second-order valence-electron chi connectivity index (χ2n) is 4.25. The number of amides is 1. The number of anilines is 1. The smallest absolute Gasteiger partial charge is 0.277 e. The Balaban J connectivity index is 2.16. The van der Waals surface area contributed by atoms with Crippen LogP contribution >= 0.6 is 0 Å². The van der Waals surface area contributed by atoms with Crippen LogP contribution in [-0.2, 0) is 0 Å². The van der Waals surface area contributed by atoms with Crippen molar-refractivity contribution >= 4 is 11.6 Å². The third-order valence-electron chi connectivity index (χ3n) is 2.54. The Morgan fingerprint density at radius 3 is 2.95 bits per heavy atom. The van der Waals surface area contributed by atoms with Gasteiger partial charge in [0.2, 0.25) is 0 Å². The van der Waals surface area contributed by atoms with Gasteiger partial charge in [-0.15, -0.1) is 0 Å². The number of aliphatic hydroxyl groups is 1. The van der Waals surface area contributed by atoms with Gasteiger partial charge in [0.25, 0.3) is 5.91 Å². The third kappa shape index (κ3) is 3.91. The number of carbonyl (C=O) groups excluding carboxylic acids is 1. The molecule has 0 unspecified atom stereocenters. The third-order valence-corrected chi connectivity index (χ3v) is 2.54. The summed E-state index contributed by atoms with van der Waals surface area (Å²) in [5.74, 6) is 4.81. The summed E-state index contributed by atoms with van der Waals surface area (Å²) in [4.78, 5) is 11.9. The van der Waals surface area contributed by atoms with Gasteiger partial charge in [-0.05, 0) is 25.1 Å². The molecular weight excluding hydrogens is 275 g/mol. The summed E-state index contributed by atoms with van der Waals surface area (Å²) in [6.07, 6.45) is 0.258. The number of benzene rings is 1. The minimum Gasteiger partial charge on any atom is -0.395 e. The van der Waals surface area contributed by atoms with Gasteiger partial charge in [-0.25, -0.2) is 4.39 Å². The van der Waals surface area contributed by atoms with Crippen molar-refractivity contribution in [2.75, 3.05) is 11.9 Å². The highest BCUT2D eigenvalue weighted by molar-refractivity contribution is 6.02. The summed E-state index contributed by atoms with van der Waals surface area (Å²) in [6.45, 7) is 1.59. The molecule has 2 aromatic rings. The van der Waals surface area contributed by atoms with E-state index in [0.29, 0.717) is 11.4 Å². The zero-order chi connectivity index (χ0) is 15.2. The predicted octanol–water partition coefficient (Wildman–Crippen LogP) is 2.11. The van der Waals surface area contributed by atoms with Crippen LogP contribution in [0.15, 0.2) is 28.8 Å². The van der Waals surface area contributed by atoms with E-state index in [0.717, 1.165) is 0 Å². The normalized spacial score (nSPS) is 9.86. The van der Waals surface area contributed by atoms with Crippen molar-refractivity contribution in [1.82, 2.24) is 5.16 Å². The highest BCUT2D eigenvalue weighted by Gasteiger charge is 2.11. The molecule has 0 saturated heterocycles. The van der Waals surface area contributed by atoms with Crippen molar-refractivity contribution in [3.8, 4) is 11.8 Å². The van der Waals surface area contributed by atoms with E-state index in [2.05, 4.69) is 22.3 Å².